The van der Waals surface area contributed by atoms with Crippen LogP contribution in [0.15, 0.2) is 24.3 Å². The van der Waals surface area contributed by atoms with E-state index in [1.54, 1.807) is 0 Å². The van der Waals surface area contributed by atoms with Crippen LogP contribution in [0.2, 0.25) is 0 Å². The van der Waals surface area contributed by atoms with Gasteiger partial charge in [0.25, 0.3) is 0 Å². The topological polar surface area (TPSA) is 15.3 Å². The summed E-state index contributed by atoms with van der Waals surface area (Å²) in [6.07, 6.45) is 8.16. The Balaban J connectivity index is 1.69. The molecule has 0 spiro atoms. The van der Waals surface area contributed by atoms with E-state index in [9.17, 15) is 0 Å². The first-order valence-electron chi connectivity index (χ1n) is 7.03. The SMILES string of the molecule is c1cc(NC2CCCC2)cc(N2CCCC2)c1. The van der Waals surface area contributed by atoms with Crippen molar-refractivity contribution in [3.63, 3.8) is 0 Å². The van der Waals surface area contributed by atoms with Crippen LogP contribution in [0.4, 0.5) is 11.4 Å². The molecular weight excluding hydrogens is 208 g/mol. The van der Waals surface area contributed by atoms with Gasteiger partial charge in [-0.2, -0.15) is 0 Å². The molecule has 92 valence electrons. The largest absolute Gasteiger partial charge is 0.382 e. The highest BCUT2D eigenvalue weighted by Gasteiger charge is 2.16. The fraction of sp³-hybridized carbons (Fsp3) is 0.600. The van der Waals surface area contributed by atoms with Crippen molar-refractivity contribution in [1.29, 1.82) is 0 Å². The molecule has 0 aromatic heterocycles. The maximum atomic E-state index is 3.68. The average molecular weight is 230 g/mol. The molecule has 0 bridgehead atoms. The zero-order valence-corrected chi connectivity index (χ0v) is 10.5. The van der Waals surface area contributed by atoms with Crippen LogP contribution in [0, 0.1) is 0 Å². The number of hydrogen-bond donors (Lipinski definition) is 1. The fourth-order valence-electron chi connectivity index (χ4n) is 3.07. The van der Waals surface area contributed by atoms with Gasteiger partial charge >= 0.3 is 0 Å². The van der Waals surface area contributed by atoms with Crippen LogP contribution in [0.3, 0.4) is 0 Å². The molecule has 0 radical (unpaired) electrons. The van der Waals surface area contributed by atoms with Gasteiger partial charge in [0.15, 0.2) is 0 Å². The van der Waals surface area contributed by atoms with Gasteiger partial charge in [-0.05, 0) is 43.9 Å². The maximum Gasteiger partial charge on any atom is 0.0386 e. The van der Waals surface area contributed by atoms with E-state index in [-0.39, 0.29) is 0 Å². The van der Waals surface area contributed by atoms with Crippen LogP contribution >= 0.6 is 0 Å². The molecule has 0 atom stereocenters. The molecule has 1 aromatic carbocycles. The zero-order valence-electron chi connectivity index (χ0n) is 10.5. The van der Waals surface area contributed by atoms with Gasteiger partial charge in [-0.3, -0.25) is 0 Å². The van der Waals surface area contributed by atoms with E-state index in [2.05, 4.69) is 34.5 Å². The van der Waals surface area contributed by atoms with Crippen LogP contribution in [-0.2, 0) is 0 Å². The third kappa shape index (κ3) is 2.56. The van der Waals surface area contributed by atoms with E-state index >= 15 is 0 Å². The summed E-state index contributed by atoms with van der Waals surface area (Å²) >= 11 is 0. The van der Waals surface area contributed by atoms with E-state index in [1.165, 1.54) is 63.0 Å². The van der Waals surface area contributed by atoms with Gasteiger partial charge in [0.05, 0.1) is 0 Å². The Hall–Kier alpha value is -1.18. The number of hydrogen-bond acceptors (Lipinski definition) is 2. The Bertz CT molecular complexity index is 363. The van der Waals surface area contributed by atoms with Crippen molar-refractivity contribution in [3.05, 3.63) is 24.3 Å². The van der Waals surface area contributed by atoms with Crippen molar-refractivity contribution < 1.29 is 0 Å². The van der Waals surface area contributed by atoms with Crippen molar-refractivity contribution in [1.82, 2.24) is 0 Å². The van der Waals surface area contributed by atoms with Crippen molar-refractivity contribution in [2.24, 2.45) is 0 Å². The van der Waals surface area contributed by atoms with E-state index in [4.69, 9.17) is 0 Å². The predicted octanol–water partition coefficient (Wildman–Crippen LogP) is 3.64. The van der Waals surface area contributed by atoms with Crippen LogP contribution in [0.1, 0.15) is 38.5 Å². The van der Waals surface area contributed by atoms with E-state index in [1.807, 2.05) is 0 Å². The van der Waals surface area contributed by atoms with Crippen LogP contribution in [0.5, 0.6) is 0 Å². The van der Waals surface area contributed by atoms with Crippen molar-refractivity contribution in [2.45, 2.75) is 44.6 Å². The van der Waals surface area contributed by atoms with E-state index < -0.39 is 0 Å². The van der Waals surface area contributed by atoms with Crippen LogP contribution in [-0.4, -0.2) is 19.1 Å². The summed E-state index contributed by atoms with van der Waals surface area (Å²) in [6, 6.07) is 9.67. The Morgan fingerprint density at radius 1 is 1.00 bits per heavy atom. The van der Waals surface area contributed by atoms with Crippen molar-refractivity contribution >= 4 is 11.4 Å². The molecule has 0 unspecified atom stereocenters. The predicted molar refractivity (Wildman–Crippen MR) is 73.8 cm³/mol. The second-order valence-electron chi connectivity index (χ2n) is 5.37. The minimum Gasteiger partial charge on any atom is -0.382 e. The first kappa shape index (κ1) is 10.9. The summed E-state index contributed by atoms with van der Waals surface area (Å²) in [4.78, 5) is 2.50. The van der Waals surface area contributed by atoms with Gasteiger partial charge in [0.1, 0.15) is 0 Å². The second-order valence-corrected chi connectivity index (χ2v) is 5.37. The van der Waals surface area contributed by atoms with Crippen LogP contribution < -0.4 is 10.2 Å². The molecule has 1 aliphatic heterocycles. The van der Waals surface area contributed by atoms with Gasteiger partial charge in [-0.25, -0.2) is 0 Å². The standard InChI is InChI=1S/C15H22N2/c1-2-7-13(6-1)16-14-8-5-9-15(12-14)17-10-3-4-11-17/h5,8-9,12-13,16H,1-4,6-7,10-11H2. The summed E-state index contributed by atoms with van der Waals surface area (Å²) in [5.41, 5.74) is 2.70. The first-order valence-corrected chi connectivity index (χ1v) is 7.03. The van der Waals surface area contributed by atoms with Gasteiger partial charge in [-0.1, -0.05) is 18.9 Å². The van der Waals surface area contributed by atoms with Gasteiger partial charge < -0.3 is 10.2 Å². The smallest absolute Gasteiger partial charge is 0.0386 e. The number of anilines is 2. The molecule has 2 fully saturated rings. The number of nitrogens with zero attached hydrogens (tertiary/aromatic N) is 1. The highest BCUT2D eigenvalue weighted by Crippen LogP contribution is 2.26. The summed E-state index contributed by atoms with van der Waals surface area (Å²) < 4.78 is 0. The number of rotatable bonds is 3. The molecule has 1 N–H and O–H groups in total. The Morgan fingerprint density at radius 3 is 2.53 bits per heavy atom. The van der Waals surface area contributed by atoms with Gasteiger partial charge in [0, 0.05) is 30.5 Å². The third-order valence-corrected chi connectivity index (χ3v) is 4.04. The molecule has 1 aliphatic carbocycles. The number of benzene rings is 1. The summed E-state index contributed by atoms with van der Waals surface area (Å²) in [5.74, 6) is 0. The molecule has 1 heterocycles. The Morgan fingerprint density at radius 2 is 1.76 bits per heavy atom. The molecule has 3 rings (SSSR count). The fourth-order valence-corrected chi connectivity index (χ4v) is 3.07. The van der Waals surface area contributed by atoms with Gasteiger partial charge in [0.2, 0.25) is 0 Å². The molecule has 1 saturated heterocycles. The third-order valence-electron chi connectivity index (χ3n) is 4.04. The molecule has 0 amide bonds. The highest BCUT2D eigenvalue weighted by molar-refractivity contribution is 5.58. The minimum atomic E-state index is 0.712. The van der Waals surface area contributed by atoms with Gasteiger partial charge in [-0.15, -0.1) is 0 Å². The Labute approximate surface area is 104 Å². The quantitative estimate of drug-likeness (QED) is 0.852. The second kappa shape index (κ2) is 4.99. The summed E-state index contributed by atoms with van der Waals surface area (Å²) in [7, 11) is 0. The van der Waals surface area contributed by atoms with Crippen molar-refractivity contribution in [3.8, 4) is 0 Å². The molecular formula is C15H22N2. The lowest BCUT2D eigenvalue weighted by molar-refractivity contribution is 0.755. The minimum absolute atomic E-state index is 0.712. The number of nitrogens with one attached hydrogen (secondary N) is 1. The lowest BCUT2D eigenvalue weighted by Gasteiger charge is -2.20. The first-order chi connectivity index (χ1) is 8.42. The molecule has 2 aliphatic rings. The lowest BCUT2D eigenvalue weighted by atomic mass is 10.2. The monoisotopic (exact) mass is 230 g/mol. The zero-order chi connectivity index (χ0) is 11.5. The van der Waals surface area contributed by atoms with E-state index in [0.717, 1.165) is 0 Å². The maximum absolute atomic E-state index is 3.68. The summed E-state index contributed by atoms with van der Waals surface area (Å²) in [5, 5.41) is 3.68. The molecule has 1 aromatic rings. The molecule has 1 saturated carbocycles. The Kier molecular flexibility index (Phi) is 3.21. The normalized spacial score (nSPS) is 21.1. The lowest BCUT2D eigenvalue weighted by Crippen LogP contribution is -2.18. The highest BCUT2D eigenvalue weighted by atomic mass is 15.1. The molecule has 2 heteroatoms. The van der Waals surface area contributed by atoms with Crippen LogP contribution in [0.25, 0.3) is 0 Å². The average Bonchev–Trinajstić information content (AvgIpc) is 3.01. The summed E-state index contributed by atoms with van der Waals surface area (Å²) in [6.45, 7) is 2.46. The van der Waals surface area contributed by atoms with E-state index in [0.29, 0.717) is 6.04 Å². The molecule has 17 heavy (non-hydrogen) atoms. The van der Waals surface area contributed by atoms with Crippen molar-refractivity contribution in [2.75, 3.05) is 23.3 Å². The molecule has 2 nitrogen and oxygen atoms in total.